The van der Waals surface area contributed by atoms with Crippen LogP contribution in [-0.2, 0) is 4.79 Å². The molecule has 0 unspecified atom stereocenters. The van der Waals surface area contributed by atoms with Crippen LogP contribution in [0.25, 0.3) is 22.0 Å². The van der Waals surface area contributed by atoms with Crippen LogP contribution in [0.2, 0.25) is 0 Å². The van der Waals surface area contributed by atoms with Crippen LogP contribution in [0.3, 0.4) is 0 Å². The maximum atomic E-state index is 14.7. The van der Waals surface area contributed by atoms with Gasteiger partial charge in [-0.2, -0.15) is 0 Å². The van der Waals surface area contributed by atoms with Gasteiger partial charge >= 0.3 is 6.03 Å². The number of para-hydroxylation sites is 1. The van der Waals surface area contributed by atoms with Crippen molar-refractivity contribution < 1.29 is 32.1 Å². The predicted octanol–water partition coefficient (Wildman–Crippen LogP) is 5.05. The molecule has 0 aliphatic carbocycles. The van der Waals surface area contributed by atoms with E-state index in [2.05, 4.69) is 10.3 Å². The highest BCUT2D eigenvalue weighted by Crippen LogP contribution is 2.34. The van der Waals surface area contributed by atoms with E-state index in [-0.39, 0.29) is 23.0 Å². The fourth-order valence-electron chi connectivity index (χ4n) is 3.65. The number of hydrogen-bond acceptors (Lipinski definition) is 2. The number of fused-ring (bicyclic) bond motifs is 1. The summed E-state index contributed by atoms with van der Waals surface area (Å²) in [6.07, 6.45) is 0. The average Bonchev–Trinajstić information content (AvgIpc) is 2.75. The molecular formula is C24H17F4N4O2+. The number of primary amides is 1. The number of pyridine rings is 1. The number of hydrogen-bond donors (Lipinski definition) is 2. The molecule has 0 fully saturated rings. The summed E-state index contributed by atoms with van der Waals surface area (Å²) in [5.74, 6) is -4.38. The van der Waals surface area contributed by atoms with Gasteiger partial charge in [-0.3, -0.25) is 4.79 Å². The van der Waals surface area contributed by atoms with Crippen LogP contribution in [-0.4, -0.2) is 11.9 Å². The van der Waals surface area contributed by atoms with Crippen molar-refractivity contribution in [2.24, 2.45) is 5.73 Å². The zero-order valence-electron chi connectivity index (χ0n) is 17.6. The SMILES string of the molecule is CC(=O)Nc1ccc2c(-c3ccc(F)cc3F)[nH+]c(N(C(N)=O)c3c(F)cccc3F)cc2c1. The first-order valence-corrected chi connectivity index (χ1v) is 9.92. The van der Waals surface area contributed by atoms with Gasteiger partial charge in [-0.25, -0.2) is 27.3 Å². The lowest BCUT2D eigenvalue weighted by Gasteiger charge is -2.16. The van der Waals surface area contributed by atoms with Crippen LogP contribution in [0, 0.1) is 23.3 Å². The van der Waals surface area contributed by atoms with Crippen molar-refractivity contribution in [3.05, 3.63) is 83.9 Å². The van der Waals surface area contributed by atoms with E-state index in [0.717, 1.165) is 24.3 Å². The third-order valence-corrected chi connectivity index (χ3v) is 5.01. The van der Waals surface area contributed by atoms with Crippen molar-refractivity contribution >= 4 is 39.9 Å². The van der Waals surface area contributed by atoms with E-state index in [0.29, 0.717) is 27.4 Å². The molecule has 10 heteroatoms. The normalized spacial score (nSPS) is 10.9. The third-order valence-electron chi connectivity index (χ3n) is 5.01. The number of rotatable bonds is 4. The highest BCUT2D eigenvalue weighted by atomic mass is 19.1. The molecular weight excluding hydrogens is 452 g/mol. The maximum absolute atomic E-state index is 14.7. The molecule has 3 aromatic carbocycles. The lowest BCUT2D eigenvalue weighted by Crippen LogP contribution is -2.37. The molecule has 3 amide bonds. The summed E-state index contributed by atoms with van der Waals surface area (Å²) >= 11 is 0. The highest BCUT2D eigenvalue weighted by Gasteiger charge is 2.33. The Morgan fingerprint density at radius 2 is 1.62 bits per heavy atom. The van der Waals surface area contributed by atoms with E-state index in [1.807, 2.05) is 0 Å². The minimum absolute atomic E-state index is 0.0704. The monoisotopic (exact) mass is 469 g/mol. The van der Waals surface area contributed by atoms with Gasteiger partial charge in [0.1, 0.15) is 17.3 Å². The van der Waals surface area contributed by atoms with E-state index in [9.17, 15) is 27.2 Å². The number of carbonyl (C=O) groups is 2. The highest BCUT2D eigenvalue weighted by molar-refractivity contribution is 6.02. The Kier molecular flexibility index (Phi) is 5.89. The molecule has 1 heterocycles. The fraction of sp³-hybridized carbons (Fsp3) is 0.0417. The van der Waals surface area contributed by atoms with Crippen molar-refractivity contribution in [2.75, 3.05) is 10.2 Å². The van der Waals surface area contributed by atoms with Gasteiger partial charge in [0.05, 0.1) is 5.56 Å². The van der Waals surface area contributed by atoms with Crippen molar-refractivity contribution in [1.82, 2.24) is 0 Å². The standard InChI is InChI=1S/C24H16F4N4O2/c1-12(33)30-15-6-8-16-13(9-15)10-21(31-22(16)17-7-5-14(25)11-20(17)28)32(24(29)34)23-18(26)3-2-4-19(23)27/h2-11H,1H3,(H2,29,34)(H,30,33)/p+1. The lowest BCUT2D eigenvalue weighted by atomic mass is 10.0. The number of aromatic amines is 1. The van der Waals surface area contributed by atoms with Crippen LogP contribution in [0.5, 0.6) is 0 Å². The largest absolute Gasteiger partial charge is 0.411 e. The minimum Gasteiger partial charge on any atom is -0.331 e. The zero-order chi connectivity index (χ0) is 24.6. The first-order chi connectivity index (χ1) is 16.2. The molecule has 0 saturated carbocycles. The number of carbonyl (C=O) groups excluding carboxylic acids is 2. The van der Waals surface area contributed by atoms with Gasteiger partial charge in [-0.15, -0.1) is 4.90 Å². The van der Waals surface area contributed by atoms with Gasteiger partial charge in [-0.1, -0.05) is 6.07 Å². The molecule has 6 nitrogen and oxygen atoms in total. The van der Waals surface area contributed by atoms with Gasteiger partial charge in [0.25, 0.3) is 5.82 Å². The Hall–Kier alpha value is -4.47. The maximum Gasteiger partial charge on any atom is 0.411 e. The molecule has 0 aliphatic heterocycles. The number of halogens is 4. The van der Waals surface area contributed by atoms with Gasteiger partial charge in [0.15, 0.2) is 11.6 Å². The second kappa shape index (κ2) is 8.81. The summed E-state index contributed by atoms with van der Waals surface area (Å²) in [5.41, 5.74) is 5.12. The van der Waals surface area contributed by atoms with Crippen molar-refractivity contribution in [3.8, 4) is 11.3 Å². The second-order valence-corrected chi connectivity index (χ2v) is 7.38. The van der Waals surface area contributed by atoms with Crippen LogP contribution in [0.4, 0.5) is 39.5 Å². The number of benzene rings is 3. The number of anilines is 3. The molecule has 0 aliphatic rings. The molecule has 0 radical (unpaired) electrons. The van der Waals surface area contributed by atoms with Gasteiger partial charge in [0, 0.05) is 30.1 Å². The summed E-state index contributed by atoms with van der Waals surface area (Å²) in [6.45, 7) is 1.31. The third kappa shape index (κ3) is 4.25. The quantitative estimate of drug-likeness (QED) is 0.410. The van der Waals surface area contributed by atoms with Crippen LogP contribution in [0.1, 0.15) is 6.92 Å². The summed E-state index contributed by atoms with van der Waals surface area (Å²) in [4.78, 5) is 27.2. The second-order valence-electron chi connectivity index (χ2n) is 7.38. The number of urea groups is 1. The zero-order valence-corrected chi connectivity index (χ0v) is 17.6. The van der Waals surface area contributed by atoms with E-state index in [1.54, 1.807) is 12.1 Å². The smallest absolute Gasteiger partial charge is 0.331 e. The summed E-state index contributed by atoms with van der Waals surface area (Å²) in [6, 6.07) is 10.7. The molecule has 0 atom stereocenters. The fourth-order valence-corrected chi connectivity index (χ4v) is 3.65. The number of amides is 3. The molecule has 0 bridgehead atoms. The molecule has 1 aromatic heterocycles. The Balaban J connectivity index is 2.04. The molecule has 0 saturated heterocycles. The Morgan fingerprint density at radius 1 is 0.912 bits per heavy atom. The molecule has 4 N–H and O–H groups in total. The number of nitrogens with zero attached hydrogens (tertiary/aromatic N) is 1. The summed E-state index contributed by atoms with van der Waals surface area (Å²) in [7, 11) is 0. The van der Waals surface area contributed by atoms with Crippen molar-refractivity contribution in [1.29, 1.82) is 0 Å². The number of aromatic nitrogens is 1. The predicted molar refractivity (Wildman–Crippen MR) is 118 cm³/mol. The van der Waals surface area contributed by atoms with Crippen LogP contribution < -0.4 is 20.9 Å². The molecule has 0 spiro atoms. The van der Waals surface area contributed by atoms with Crippen LogP contribution in [0.15, 0.2) is 60.7 Å². The van der Waals surface area contributed by atoms with Crippen molar-refractivity contribution in [3.63, 3.8) is 0 Å². The van der Waals surface area contributed by atoms with E-state index < -0.39 is 35.0 Å². The summed E-state index contributed by atoms with van der Waals surface area (Å²) in [5, 5.41) is 3.38. The lowest BCUT2D eigenvalue weighted by molar-refractivity contribution is -0.347. The number of nitrogens with two attached hydrogens (primary N) is 1. The molecule has 4 aromatic rings. The first kappa shape index (κ1) is 22.7. The Morgan fingerprint density at radius 3 is 2.24 bits per heavy atom. The Labute approximate surface area is 190 Å². The molecule has 34 heavy (non-hydrogen) atoms. The number of nitrogens with one attached hydrogen (secondary N) is 2. The van der Waals surface area contributed by atoms with Gasteiger partial charge in [0.2, 0.25) is 11.6 Å². The van der Waals surface area contributed by atoms with E-state index in [1.165, 1.54) is 25.1 Å². The van der Waals surface area contributed by atoms with Crippen molar-refractivity contribution in [2.45, 2.75) is 6.92 Å². The molecule has 4 rings (SSSR count). The van der Waals surface area contributed by atoms with Crippen LogP contribution >= 0.6 is 0 Å². The van der Waals surface area contributed by atoms with Gasteiger partial charge < -0.3 is 11.1 Å². The summed E-state index contributed by atoms with van der Waals surface area (Å²) < 4.78 is 57.3. The molecule has 172 valence electrons. The van der Waals surface area contributed by atoms with Gasteiger partial charge in [-0.05, 0) is 47.9 Å². The first-order valence-electron chi connectivity index (χ1n) is 9.92. The van der Waals surface area contributed by atoms with E-state index in [4.69, 9.17) is 5.73 Å². The Bertz CT molecular complexity index is 1440. The minimum atomic E-state index is -1.22. The number of H-pyrrole nitrogens is 1. The average molecular weight is 469 g/mol. The topological polar surface area (TPSA) is 89.6 Å². The van der Waals surface area contributed by atoms with E-state index >= 15 is 0 Å².